The van der Waals surface area contributed by atoms with E-state index in [1.54, 1.807) is 19.2 Å². The lowest BCUT2D eigenvalue weighted by Gasteiger charge is -2.25. The average molecular weight is 377 g/mol. The van der Waals surface area contributed by atoms with Gasteiger partial charge in [-0.3, -0.25) is 9.59 Å². The van der Waals surface area contributed by atoms with Crippen LogP contribution in [-0.4, -0.2) is 37.8 Å². The Morgan fingerprint density at radius 2 is 2.19 bits per heavy atom. The van der Waals surface area contributed by atoms with E-state index in [4.69, 9.17) is 4.74 Å². The summed E-state index contributed by atoms with van der Waals surface area (Å²) in [5, 5.41) is 15.3. The molecule has 0 saturated heterocycles. The molecule has 1 aliphatic heterocycles. The monoisotopic (exact) mass is 377 g/mol. The van der Waals surface area contributed by atoms with Gasteiger partial charge in [-0.15, -0.1) is 0 Å². The first kappa shape index (κ1) is 19.9. The Labute approximate surface area is 155 Å². The van der Waals surface area contributed by atoms with E-state index in [2.05, 4.69) is 16.7 Å². The van der Waals surface area contributed by atoms with Crippen LogP contribution < -0.4 is 10.6 Å². The maximum atomic E-state index is 13.1. The molecule has 1 aromatic rings. The van der Waals surface area contributed by atoms with Crippen LogP contribution in [0.5, 0.6) is 0 Å². The minimum Gasteiger partial charge on any atom is -0.385 e. The predicted octanol–water partition coefficient (Wildman–Crippen LogP) is 2.05. The van der Waals surface area contributed by atoms with Crippen LogP contribution in [0, 0.1) is 17.1 Å². The molecular formula is C18H20FN3O3S. The summed E-state index contributed by atoms with van der Waals surface area (Å²) in [4.78, 5) is 23.9. The van der Waals surface area contributed by atoms with Crippen LogP contribution in [0.15, 0.2) is 34.9 Å². The lowest BCUT2D eigenvalue weighted by molar-refractivity contribution is -0.121. The average Bonchev–Trinajstić information content (AvgIpc) is 2.63. The predicted molar refractivity (Wildman–Crippen MR) is 96.5 cm³/mol. The lowest BCUT2D eigenvalue weighted by Crippen LogP contribution is -2.32. The smallest absolute Gasteiger partial charge is 0.230 e. The first-order valence-electron chi connectivity index (χ1n) is 8.13. The molecule has 138 valence electrons. The molecule has 0 spiro atoms. The fourth-order valence-electron chi connectivity index (χ4n) is 2.55. The van der Waals surface area contributed by atoms with E-state index in [0.29, 0.717) is 35.7 Å². The zero-order valence-corrected chi connectivity index (χ0v) is 15.2. The summed E-state index contributed by atoms with van der Waals surface area (Å²) in [5.74, 6) is -1.16. The van der Waals surface area contributed by atoms with Crippen LogP contribution >= 0.6 is 11.8 Å². The number of amides is 2. The van der Waals surface area contributed by atoms with Crippen LogP contribution in [0.2, 0.25) is 0 Å². The number of methoxy groups -OCH3 is 1. The Bertz CT molecular complexity index is 728. The summed E-state index contributed by atoms with van der Waals surface area (Å²) in [6, 6.07) is 7.87. The molecule has 1 aromatic carbocycles. The Morgan fingerprint density at radius 1 is 1.46 bits per heavy atom. The number of hydrogen-bond acceptors (Lipinski definition) is 5. The second-order valence-corrected chi connectivity index (χ2v) is 6.68. The molecule has 8 heteroatoms. The van der Waals surface area contributed by atoms with Gasteiger partial charge >= 0.3 is 0 Å². The molecule has 0 bridgehead atoms. The summed E-state index contributed by atoms with van der Waals surface area (Å²) in [6.45, 7) is 1.06. The summed E-state index contributed by atoms with van der Waals surface area (Å²) in [5.41, 5.74) is 1.08. The third-order valence-corrected chi connectivity index (χ3v) is 4.84. The Hall–Kier alpha value is -2.37. The standard InChI is InChI=1S/C18H20FN3O3S/c1-25-8-2-7-21-17(24)11-26-18-15(10-20)14(9-16(23)22-18)12-3-5-13(19)6-4-12/h3-6,14H,2,7-9,11H2,1H3,(H,21,24)(H,22,23)/t14-/m1/s1. The second-order valence-electron chi connectivity index (χ2n) is 5.70. The van der Waals surface area contributed by atoms with Crippen molar-refractivity contribution in [3.63, 3.8) is 0 Å². The van der Waals surface area contributed by atoms with E-state index in [1.807, 2.05) is 0 Å². The number of halogens is 1. The topological polar surface area (TPSA) is 91.2 Å². The number of allylic oxidation sites excluding steroid dienone is 1. The summed E-state index contributed by atoms with van der Waals surface area (Å²) in [6.07, 6.45) is 0.824. The first-order valence-corrected chi connectivity index (χ1v) is 9.11. The van der Waals surface area contributed by atoms with Gasteiger partial charge in [-0.05, 0) is 24.1 Å². The number of nitriles is 1. The molecule has 0 radical (unpaired) electrons. The molecule has 1 aliphatic rings. The number of carbonyl (C=O) groups is 2. The van der Waals surface area contributed by atoms with Gasteiger partial charge in [-0.2, -0.15) is 5.26 Å². The molecule has 0 aliphatic carbocycles. The zero-order chi connectivity index (χ0) is 18.9. The maximum absolute atomic E-state index is 13.1. The fraction of sp³-hybridized carbons (Fsp3) is 0.389. The van der Waals surface area contributed by atoms with Crippen LogP contribution in [0.4, 0.5) is 4.39 Å². The van der Waals surface area contributed by atoms with Crippen LogP contribution in [0.25, 0.3) is 0 Å². The van der Waals surface area contributed by atoms with Crippen molar-refractivity contribution in [1.29, 1.82) is 5.26 Å². The molecule has 0 saturated carbocycles. The normalized spacial score (nSPS) is 16.8. The van der Waals surface area contributed by atoms with Gasteiger partial charge in [0, 0.05) is 32.6 Å². The van der Waals surface area contributed by atoms with E-state index in [1.165, 1.54) is 12.1 Å². The number of hydrogen-bond donors (Lipinski definition) is 2. The van der Waals surface area contributed by atoms with Crippen molar-refractivity contribution >= 4 is 23.6 Å². The first-order chi connectivity index (χ1) is 12.5. The van der Waals surface area contributed by atoms with Gasteiger partial charge in [-0.1, -0.05) is 23.9 Å². The van der Waals surface area contributed by atoms with Crippen molar-refractivity contribution in [2.24, 2.45) is 0 Å². The maximum Gasteiger partial charge on any atom is 0.230 e. The van der Waals surface area contributed by atoms with Crippen LogP contribution in [-0.2, 0) is 14.3 Å². The highest BCUT2D eigenvalue weighted by atomic mass is 32.2. The van der Waals surface area contributed by atoms with Gasteiger partial charge in [0.15, 0.2) is 0 Å². The minimum absolute atomic E-state index is 0.0872. The van der Waals surface area contributed by atoms with Crippen molar-refractivity contribution in [1.82, 2.24) is 10.6 Å². The molecule has 1 atom stereocenters. The van der Waals surface area contributed by atoms with Gasteiger partial charge < -0.3 is 15.4 Å². The van der Waals surface area contributed by atoms with Gasteiger partial charge in [0.25, 0.3) is 0 Å². The number of ether oxygens (including phenoxy) is 1. The minimum atomic E-state index is -0.443. The second kappa shape index (κ2) is 9.94. The number of nitrogens with zero attached hydrogens (tertiary/aromatic N) is 1. The van der Waals surface area contributed by atoms with Crippen molar-refractivity contribution in [2.75, 3.05) is 26.0 Å². The lowest BCUT2D eigenvalue weighted by atomic mass is 9.87. The molecule has 0 unspecified atom stereocenters. The fourth-order valence-corrected chi connectivity index (χ4v) is 3.45. The van der Waals surface area contributed by atoms with E-state index in [-0.39, 0.29) is 29.8 Å². The molecule has 2 rings (SSSR count). The van der Waals surface area contributed by atoms with Crippen molar-refractivity contribution in [2.45, 2.75) is 18.8 Å². The van der Waals surface area contributed by atoms with Crippen molar-refractivity contribution in [3.05, 3.63) is 46.2 Å². The van der Waals surface area contributed by atoms with Gasteiger partial charge in [0.1, 0.15) is 5.82 Å². The number of benzene rings is 1. The van der Waals surface area contributed by atoms with Crippen molar-refractivity contribution in [3.8, 4) is 6.07 Å². The number of carbonyl (C=O) groups excluding carboxylic acids is 2. The third-order valence-electron chi connectivity index (χ3n) is 3.82. The van der Waals surface area contributed by atoms with Gasteiger partial charge in [0.05, 0.1) is 22.4 Å². The molecule has 1 heterocycles. The molecular weight excluding hydrogens is 357 g/mol. The van der Waals surface area contributed by atoms with Crippen molar-refractivity contribution < 1.29 is 18.7 Å². The highest BCUT2D eigenvalue weighted by Gasteiger charge is 2.29. The van der Waals surface area contributed by atoms with Gasteiger partial charge in [-0.25, -0.2) is 4.39 Å². The Balaban J connectivity index is 2.06. The Morgan fingerprint density at radius 3 is 2.85 bits per heavy atom. The molecule has 0 fully saturated rings. The van der Waals surface area contributed by atoms with Crippen LogP contribution in [0.1, 0.15) is 24.3 Å². The van der Waals surface area contributed by atoms with E-state index >= 15 is 0 Å². The summed E-state index contributed by atoms with van der Waals surface area (Å²) >= 11 is 1.12. The Kier molecular flexibility index (Phi) is 7.63. The SMILES string of the molecule is COCCCNC(=O)CSC1=C(C#N)[C@@H](c2ccc(F)cc2)CC(=O)N1. The van der Waals surface area contributed by atoms with E-state index < -0.39 is 5.92 Å². The summed E-state index contributed by atoms with van der Waals surface area (Å²) < 4.78 is 18.0. The summed E-state index contributed by atoms with van der Waals surface area (Å²) in [7, 11) is 1.59. The molecule has 26 heavy (non-hydrogen) atoms. The molecule has 2 N–H and O–H groups in total. The van der Waals surface area contributed by atoms with E-state index in [9.17, 15) is 19.2 Å². The highest BCUT2D eigenvalue weighted by molar-refractivity contribution is 8.03. The molecule has 2 amide bonds. The van der Waals surface area contributed by atoms with Gasteiger partial charge in [0.2, 0.25) is 11.8 Å². The quantitative estimate of drug-likeness (QED) is 0.677. The van der Waals surface area contributed by atoms with E-state index in [0.717, 1.165) is 11.8 Å². The molecule has 6 nitrogen and oxygen atoms in total. The number of nitrogens with one attached hydrogen (secondary N) is 2. The van der Waals surface area contributed by atoms with Crippen LogP contribution in [0.3, 0.4) is 0 Å². The number of rotatable bonds is 8. The number of thioether (sulfide) groups is 1. The molecule has 0 aromatic heterocycles. The largest absolute Gasteiger partial charge is 0.385 e. The third kappa shape index (κ3) is 5.58. The highest BCUT2D eigenvalue weighted by Crippen LogP contribution is 2.35. The zero-order valence-electron chi connectivity index (χ0n) is 14.4.